The van der Waals surface area contributed by atoms with Gasteiger partial charge < -0.3 is 10.5 Å². The summed E-state index contributed by atoms with van der Waals surface area (Å²) in [5.41, 5.74) is 5.87. The fourth-order valence-electron chi connectivity index (χ4n) is 1.45. The van der Waals surface area contributed by atoms with Crippen LogP contribution in [0.1, 0.15) is 19.8 Å². The molecular formula is C12H20N2O3S. The monoisotopic (exact) mass is 272 g/mol. The lowest BCUT2D eigenvalue weighted by Gasteiger charge is -2.08. The van der Waals surface area contributed by atoms with Crippen LogP contribution in [-0.2, 0) is 10.0 Å². The van der Waals surface area contributed by atoms with Crippen molar-refractivity contribution in [3.05, 3.63) is 24.3 Å². The van der Waals surface area contributed by atoms with Crippen LogP contribution in [0.3, 0.4) is 0 Å². The molecule has 0 spiro atoms. The number of hydrogen-bond donors (Lipinski definition) is 2. The van der Waals surface area contributed by atoms with E-state index in [9.17, 15) is 8.42 Å². The Morgan fingerprint density at radius 2 is 1.89 bits per heavy atom. The molecule has 0 radical (unpaired) electrons. The summed E-state index contributed by atoms with van der Waals surface area (Å²) in [6.45, 7) is 3.00. The predicted octanol–water partition coefficient (Wildman–Crippen LogP) is 1.57. The summed E-state index contributed by atoms with van der Waals surface area (Å²) in [6, 6.07) is 6.85. The number of rotatable bonds is 8. The van der Waals surface area contributed by atoms with Gasteiger partial charge in [0.1, 0.15) is 5.75 Å². The summed E-state index contributed by atoms with van der Waals surface area (Å²) in [5.74, 6) is 0.820. The van der Waals surface area contributed by atoms with Gasteiger partial charge >= 0.3 is 0 Å². The van der Waals surface area contributed by atoms with E-state index in [1.165, 1.54) is 0 Å². The van der Waals surface area contributed by atoms with E-state index in [0.717, 1.165) is 5.75 Å². The fourth-order valence-corrected chi connectivity index (χ4v) is 2.63. The topological polar surface area (TPSA) is 81.4 Å². The number of hydrogen-bond acceptors (Lipinski definition) is 4. The van der Waals surface area contributed by atoms with Gasteiger partial charge in [0.15, 0.2) is 0 Å². The summed E-state index contributed by atoms with van der Waals surface area (Å²) in [5, 5.41) is 0. The van der Waals surface area contributed by atoms with E-state index in [1.807, 2.05) is 6.92 Å². The van der Waals surface area contributed by atoms with Gasteiger partial charge in [0, 0.05) is 5.69 Å². The summed E-state index contributed by atoms with van der Waals surface area (Å²) >= 11 is 0. The van der Waals surface area contributed by atoms with E-state index in [2.05, 4.69) is 4.72 Å². The van der Waals surface area contributed by atoms with Gasteiger partial charge in [-0.15, -0.1) is 0 Å². The van der Waals surface area contributed by atoms with Crippen LogP contribution in [0.25, 0.3) is 0 Å². The zero-order valence-corrected chi connectivity index (χ0v) is 11.4. The maximum Gasteiger partial charge on any atom is 0.232 e. The van der Waals surface area contributed by atoms with Crippen molar-refractivity contribution in [2.24, 2.45) is 5.73 Å². The number of ether oxygens (including phenoxy) is 1. The lowest BCUT2D eigenvalue weighted by atomic mass is 10.3. The van der Waals surface area contributed by atoms with Crippen LogP contribution in [0.15, 0.2) is 24.3 Å². The van der Waals surface area contributed by atoms with Crippen LogP contribution < -0.4 is 15.2 Å². The lowest BCUT2D eigenvalue weighted by Crippen LogP contribution is -2.17. The van der Waals surface area contributed by atoms with Gasteiger partial charge in [-0.1, -0.05) is 0 Å². The minimum absolute atomic E-state index is 0.0947. The Kier molecular flexibility index (Phi) is 5.94. The molecule has 1 rings (SSSR count). The summed E-state index contributed by atoms with van der Waals surface area (Å²) in [4.78, 5) is 0. The molecule has 1 aromatic carbocycles. The molecule has 0 fully saturated rings. The first-order chi connectivity index (χ1) is 8.57. The van der Waals surface area contributed by atoms with Crippen molar-refractivity contribution < 1.29 is 13.2 Å². The Morgan fingerprint density at radius 3 is 2.44 bits per heavy atom. The minimum atomic E-state index is -3.28. The van der Waals surface area contributed by atoms with E-state index in [-0.39, 0.29) is 5.75 Å². The molecule has 0 aromatic heterocycles. The first kappa shape index (κ1) is 14.8. The minimum Gasteiger partial charge on any atom is -0.494 e. The van der Waals surface area contributed by atoms with Gasteiger partial charge in [0.25, 0.3) is 0 Å². The third-order valence-corrected chi connectivity index (χ3v) is 3.68. The molecule has 0 saturated heterocycles. The molecule has 0 heterocycles. The van der Waals surface area contributed by atoms with Gasteiger partial charge in [-0.25, -0.2) is 8.42 Å². The molecular weight excluding hydrogens is 252 g/mol. The normalized spacial score (nSPS) is 11.2. The molecule has 5 nitrogen and oxygen atoms in total. The molecule has 0 aliphatic carbocycles. The van der Waals surface area contributed by atoms with Gasteiger partial charge in [-0.2, -0.15) is 0 Å². The molecule has 0 amide bonds. The van der Waals surface area contributed by atoms with Crippen LogP contribution in [0, 0.1) is 0 Å². The Labute approximate surface area is 108 Å². The third-order valence-electron chi connectivity index (χ3n) is 2.31. The second-order valence-corrected chi connectivity index (χ2v) is 5.72. The maximum absolute atomic E-state index is 11.7. The van der Waals surface area contributed by atoms with Crippen molar-refractivity contribution in [1.29, 1.82) is 0 Å². The number of unbranched alkanes of at least 4 members (excludes halogenated alkanes) is 1. The molecule has 1 aromatic rings. The number of sulfonamides is 1. The van der Waals surface area contributed by atoms with E-state index >= 15 is 0 Å². The molecule has 0 bridgehead atoms. The average Bonchev–Trinajstić information content (AvgIpc) is 2.32. The van der Waals surface area contributed by atoms with Crippen LogP contribution in [-0.4, -0.2) is 27.3 Å². The SMILES string of the molecule is CCOc1ccc(NS(=O)(=O)CCCCN)cc1. The van der Waals surface area contributed by atoms with Crippen LogP contribution >= 0.6 is 0 Å². The molecule has 102 valence electrons. The summed E-state index contributed by atoms with van der Waals surface area (Å²) < 4.78 is 31.2. The van der Waals surface area contributed by atoms with E-state index in [4.69, 9.17) is 10.5 Å². The van der Waals surface area contributed by atoms with E-state index in [0.29, 0.717) is 31.7 Å². The van der Waals surface area contributed by atoms with Gasteiger partial charge in [-0.3, -0.25) is 4.72 Å². The smallest absolute Gasteiger partial charge is 0.232 e. The largest absolute Gasteiger partial charge is 0.494 e. The molecule has 18 heavy (non-hydrogen) atoms. The quantitative estimate of drug-likeness (QED) is 0.704. The first-order valence-corrected chi connectivity index (χ1v) is 7.66. The van der Waals surface area contributed by atoms with Gasteiger partial charge in [-0.05, 0) is 50.6 Å². The van der Waals surface area contributed by atoms with Crippen LogP contribution in [0.4, 0.5) is 5.69 Å². The zero-order chi connectivity index (χ0) is 13.4. The Morgan fingerprint density at radius 1 is 1.22 bits per heavy atom. The standard InChI is InChI=1S/C12H20N2O3S/c1-2-17-12-7-5-11(6-8-12)14-18(15,16)10-4-3-9-13/h5-8,14H,2-4,9-10,13H2,1H3. The van der Waals surface area contributed by atoms with E-state index < -0.39 is 10.0 Å². The first-order valence-electron chi connectivity index (χ1n) is 6.01. The molecule has 0 aliphatic rings. The van der Waals surface area contributed by atoms with Crippen molar-refractivity contribution in [3.63, 3.8) is 0 Å². The highest BCUT2D eigenvalue weighted by molar-refractivity contribution is 7.92. The number of nitrogens with one attached hydrogen (secondary N) is 1. The van der Waals surface area contributed by atoms with Crippen molar-refractivity contribution >= 4 is 15.7 Å². The molecule has 0 atom stereocenters. The van der Waals surface area contributed by atoms with Gasteiger partial charge in [0.2, 0.25) is 10.0 Å². The third kappa shape index (κ3) is 5.37. The Hall–Kier alpha value is -1.27. The zero-order valence-electron chi connectivity index (χ0n) is 10.6. The molecule has 0 saturated carbocycles. The molecule has 6 heteroatoms. The van der Waals surface area contributed by atoms with Crippen molar-refractivity contribution in [2.45, 2.75) is 19.8 Å². The van der Waals surface area contributed by atoms with Crippen molar-refractivity contribution in [3.8, 4) is 5.75 Å². The van der Waals surface area contributed by atoms with Crippen LogP contribution in [0.5, 0.6) is 5.75 Å². The highest BCUT2D eigenvalue weighted by atomic mass is 32.2. The second kappa shape index (κ2) is 7.23. The Balaban J connectivity index is 2.55. The summed E-state index contributed by atoms with van der Waals surface area (Å²) in [6.07, 6.45) is 1.28. The second-order valence-electron chi connectivity index (χ2n) is 3.87. The van der Waals surface area contributed by atoms with Crippen molar-refractivity contribution in [1.82, 2.24) is 0 Å². The summed E-state index contributed by atoms with van der Waals surface area (Å²) in [7, 11) is -3.28. The number of nitrogens with two attached hydrogens (primary N) is 1. The highest BCUT2D eigenvalue weighted by Crippen LogP contribution is 2.16. The maximum atomic E-state index is 11.7. The number of anilines is 1. The molecule has 3 N–H and O–H groups in total. The number of benzene rings is 1. The Bertz CT molecular complexity index is 443. The fraction of sp³-hybridized carbons (Fsp3) is 0.500. The molecule has 0 unspecified atom stereocenters. The molecule has 0 aliphatic heterocycles. The lowest BCUT2D eigenvalue weighted by molar-refractivity contribution is 0.340. The average molecular weight is 272 g/mol. The van der Waals surface area contributed by atoms with Gasteiger partial charge in [0.05, 0.1) is 12.4 Å². The van der Waals surface area contributed by atoms with Crippen molar-refractivity contribution in [2.75, 3.05) is 23.6 Å². The highest BCUT2D eigenvalue weighted by Gasteiger charge is 2.09. The van der Waals surface area contributed by atoms with E-state index in [1.54, 1.807) is 24.3 Å². The predicted molar refractivity (Wildman–Crippen MR) is 73.3 cm³/mol. The van der Waals surface area contributed by atoms with Crippen LogP contribution in [0.2, 0.25) is 0 Å².